The highest BCUT2D eigenvalue weighted by molar-refractivity contribution is 6.04. The normalized spacial score (nSPS) is 11.5. The molecule has 5 heteroatoms. The van der Waals surface area contributed by atoms with Gasteiger partial charge in [-0.15, -0.1) is 0 Å². The first kappa shape index (κ1) is 15.6. The maximum atomic E-state index is 5.98. The van der Waals surface area contributed by atoms with Crippen LogP contribution in [0.4, 0.5) is 0 Å². The number of likely N-dealkylation sites (N-methyl/N-ethyl adjacent to an activating group) is 1. The number of fused-ring (bicyclic) bond motifs is 3. The van der Waals surface area contributed by atoms with Crippen LogP contribution in [0.5, 0.6) is 5.88 Å². The quantitative estimate of drug-likeness (QED) is 0.609. The van der Waals surface area contributed by atoms with Gasteiger partial charge in [0.2, 0.25) is 5.58 Å². The fourth-order valence-electron chi connectivity index (χ4n) is 2.73. The molecule has 0 unspecified atom stereocenters. The molecule has 0 saturated carbocycles. The molecular weight excluding hydrogens is 314 g/mol. The van der Waals surface area contributed by atoms with E-state index >= 15 is 0 Å². The number of para-hydroxylation sites is 1. The molecule has 25 heavy (non-hydrogen) atoms. The number of nitrogens with one attached hydrogen (secondary N) is 1. The second-order valence-corrected chi connectivity index (χ2v) is 6.30. The Hall–Kier alpha value is -2.92. The van der Waals surface area contributed by atoms with E-state index in [4.69, 9.17) is 14.1 Å². The van der Waals surface area contributed by atoms with Gasteiger partial charge in [-0.1, -0.05) is 42.5 Å². The van der Waals surface area contributed by atoms with Crippen LogP contribution in [-0.2, 0) is 0 Å². The van der Waals surface area contributed by atoms with Crippen molar-refractivity contribution in [3.05, 3.63) is 54.6 Å². The van der Waals surface area contributed by atoms with E-state index in [1.807, 2.05) is 54.6 Å². The summed E-state index contributed by atoms with van der Waals surface area (Å²) in [4.78, 5) is 10.7. The average Bonchev–Trinajstić information content (AvgIpc) is 3.01. The number of benzene rings is 2. The van der Waals surface area contributed by atoms with E-state index in [2.05, 4.69) is 19.1 Å². The van der Waals surface area contributed by atoms with Gasteiger partial charge in [-0.3, -0.25) is 0 Å². The molecule has 0 saturated heterocycles. The van der Waals surface area contributed by atoms with Gasteiger partial charge >= 0.3 is 0 Å². The summed E-state index contributed by atoms with van der Waals surface area (Å²) in [5.41, 5.74) is 3.14. The Morgan fingerprint density at radius 2 is 1.72 bits per heavy atom. The molecule has 2 aromatic heterocycles. The van der Waals surface area contributed by atoms with Gasteiger partial charge in [-0.25, -0.2) is 4.98 Å². The lowest BCUT2D eigenvalue weighted by Gasteiger charge is -2.09. The second kappa shape index (κ2) is 6.53. The maximum absolute atomic E-state index is 5.98. The first-order valence-corrected chi connectivity index (χ1v) is 8.39. The zero-order valence-electron chi connectivity index (χ0n) is 14.3. The van der Waals surface area contributed by atoms with Gasteiger partial charge in [0.05, 0.1) is 14.1 Å². The zero-order valence-corrected chi connectivity index (χ0v) is 14.3. The van der Waals surface area contributed by atoms with E-state index in [0.29, 0.717) is 23.9 Å². The summed E-state index contributed by atoms with van der Waals surface area (Å²) in [6, 6.07) is 17.8. The topological polar surface area (TPSA) is 52.6 Å². The first-order chi connectivity index (χ1) is 12.2. The molecule has 0 bridgehead atoms. The molecule has 1 N–H and O–H groups in total. The molecule has 0 aliphatic heterocycles. The first-order valence-electron chi connectivity index (χ1n) is 8.39. The molecule has 5 nitrogen and oxygen atoms in total. The molecule has 0 aliphatic carbocycles. The van der Waals surface area contributed by atoms with Gasteiger partial charge in [-0.2, -0.15) is 4.98 Å². The van der Waals surface area contributed by atoms with Crippen molar-refractivity contribution in [3.8, 4) is 17.3 Å². The average molecular weight is 334 g/mol. The van der Waals surface area contributed by atoms with E-state index in [1.54, 1.807) is 0 Å². The lowest BCUT2D eigenvalue weighted by molar-refractivity contribution is -0.858. The molecule has 0 atom stereocenters. The zero-order chi connectivity index (χ0) is 17.2. The third-order valence-corrected chi connectivity index (χ3v) is 4.06. The van der Waals surface area contributed by atoms with Crippen LogP contribution in [0, 0.1) is 0 Å². The Labute approximate surface area is 145 Å². The summed E-state index contributed by atoms with van der Waals surface area (Å²) < 4.78 is 11.9. The molecule has 2 aromatic carbocycles. The third kappa shape index (κ3) is 3.06. The Bertz CT molecular complexity index is 1010. The van der Waals surface area contributed by atoms with Crippen molar-refractivity contribution in [1.29, 1.82) is 0 Å². The number of hydrogen-bond acceptors (Lipinski definition) is 4. The third-order valence-electron chi connectivity index (χ3n) is 4.06. The van der Waals surface area contributed by atoms with Crippen LogP contribution in [0.25, 0.3) is 33.5 Å². The molecule has 0 radical (unpaired) electrons. The fourth-order valence-corrected chi connectivity index (χ4v) is 2.73. The van der Waals surface area contributed by atoms with Crippen molar-refractivity contribution < 1.29 is 14.1 Å². The molecule has 4 aromatic rings. The van der Waals surface area contributed by atoms with Crippen LogP contribution in [0.1, 0.15) is 0 Å². The minimum absolute atomic E-state index is 0.501. The van der Waals surface area contributed by atoms with Gasteiger partial charge < -0.3 is 14.1 Å². The van der Waals surface area contributed by atoms with Crippen LogP contribution >= 0.6 is 0 Å². The minimum Gasteiger partial charge on any atom is -0.469 e. The standard InChI is InChI=1S/C20H19N3O2/c1-23(2)12-13-24-20-18-17(15-10-6-7-11-16(15)25-18)21-19(22-20)14-8-4-3-5-9-14/h3-11H,12-13H2,1-2H3/p+1. The van der Waals surface area contributed by atoms with E-state index in [9.17, 15) is 0 Å². The Balaban J connectivity index is 1.87. The number of furan rings is 1. The molecular formula is C20H20N3O2+. The van der Waals surface area contributed by atoms with Gasteiger partial charge in [0.1, 0.15) is 24.3 Å². The van der Waals surface area contributed by atoms with Gasteiger partial charge in [0.25, 0.3) is 5.88 Å². The Morgan fingerprint density at radius 3 is 2.52 bits per heavy atom. The van der Waals surface area contributed by atoms with Crippen LogP contribution < -0.4 is 9.64 Å². The van der Waals surface area contributed by atoms with E-state index in [0.717, 1.165) is 28.6 Å². The highest BCUT2D eigenvalue weighted by atomic mass is 16.5. The van der Waals surface area contributed by atoms with Crippen molar-refractivity contribution in [3.63, 3.8) is 0 Å². The van der Waals surface area contributed by atoms with Crippen molar-refractivity contribution >= 4 is 22.1 Å². The Kier molecular flexibility index (Phi) is 4.07. The molecule has 0 aliphatic rings. The molecule has 0 fully saturated rings. The number of hydrogen-bond donors (Lipinski definition) is 1. The van der Waals surface area contributed by atoms with Crippen LogP contribution in [0.15, 0.2) is 59.0 Å². The molecule has 4 rings (SSSR count). The van der Waals surface area contributed by atoms with Crippen molar-refractivity contribution in [2.24, 2.45) is 0 Å². The lowest BCUT2D eigenvalue weighted by atomic mass is 10.2. The SMILES string of the molecule is C[NH+](C)CCOc1nc(-c2ccccc2)nc2c1oc1ccccc12. The summed E-state index contributed by atoms with van der Waals surface area (Å²) in [5, 5.41) is 0.972. The summed E-state index contributed by atoms with van der Waals surface area (Å²) >= 11 is 0. The predicted molar refractivity (Wildman–Crippen MR) is 97.9 cm³/mol. The van der Waals surface area contributed by atoms with E-state index in [-0.39, 0.29) is 0 Å². The number of quaternary nitrogens is 1. The summed E-state index contributed by atoms with van der Waals surface area (Å²) in [6.07, 6.45) is 0. The summed E-state index contributed by atoms with van der Waals surface area (Å²) in [5.74, 6) is 1.15. The molecule has 2 heterocycles. The summed E-state index contributed by atoms with van der Waals surface area (Å²) in [7, 11) is 4.19. The molecule has 0 amide bonds. The van der Waals surface area contributed by atoms with Gasteiger partial charge in [0, 0.05) is 10.9 Å². The van der Waals surface area contributed by atoms with Crippen LogP contribution in [-0.4, -0.2) is 37.2 Å². The maximum Gasteiger partial charge on any atom is 0.262 e. The van der Waals surface area contributed by atoms with Crippen molar-refractivity contribution in [2.75, 3.05) is 27.2 Å². The minimum atomic E-state index is 0.501. The number of ether oxygens (including phenoxy) is 1. The molecule has 0 spiro atoms. The Morgan fingerprint density at radius 1 is 0.960 bits per heavy atom. The van der Waals surface area contributed by atoms with Crippen molar-refractivity contribution in [1.82, 2.24) is 9.97 Å². The summed E-state index contributed by atoms with van der Waals surface area (Å²) in [6.45, 7) is 1.45. The van der Waals surface area contributed by atoms with Crippen LogP contribution in [0.2, 0.25) is 0 Å². The predicted octanol–water partition coefficient (Wildman–Crippen LogP) is 2.57. The lowest BCUT2D eigenvalue weighted by Crippen LogP contribution is -3.06. The highest BCUT2D eigenvalue weighted by Gasteiger charge is 2.17. The molecule has 126 valence electrons. The van der Waals surface area contributed by atoms with Crippen molar-refractivity contribution in [2.45, 2.75) is 0 Å². The highest BCUT2D eigenvalue weighted by Crippen LogP contribution is 2.34. The largest absolute Gasteiger partial charge is 0.469 e. The fraction of sp³-hybridized carbons (Fsp3) is 0.200. The van der Waals surface area contributed by atoms with Gasteiger partial charge in [-0.05, 0) is 12.1 Å². The van der Waals surface area contributed by atoms with E-state index < -0.39 is 0 Å². The monoisotopic (exact) mass is 334 g/mol. The van der Waals surface area contributed by atoms with E-state index in [1.165, 1.54) is 4.90 Å². The number of aromatic nitrogens is 2. The second-order valence-electron chi connectivity index (χ2n) is 6.30. The van der Waals surface area contributed by atoms with Gasteiger partial charge in [0.15, 0.2) is 5.82 Å². The smallest absolute Gasteiger partial charge is 0.262 e. The number of nitrogens with zero attached hydrogens (tertiary/aromatic N) is 2. The van der Waals surface area contributed by atoms with Crippen LogP contribution in [0.3, 0.4) is 0 Å². The number of rotatable bonds is 5.